The Kier molecular flexibility index (Phi) is 4.94. The van der Waals surface area contributed by atoms with E-state index in [2.05, 4.69) is 6.58 Å². The van der Waals surface area contributed by atoms with Crippen LogP contribution in [0.1, 0.15) is 22.8 Å². The van der Waals surface area contributed by atoms with E-state index in [1.54, 1.807) is 0 Å². The zero-order valence-corrected chi connectivity index (χ0v) is 11.0. The lowest BCUT2D eigenvalue weighted by molar-refractivity contribution is -0.138. The van der Waals surface area contributed by atoms with Crippen molar-refractivity contribution < 1.29 is 24.5 Å². The number of aromatic carboxylic acids is 1. The Hall–Kier alpha value is -2.01. The molecule has 6 heteroatoms. The summed E-state index contributed by atoms with van der Waals surface area (Å²) in [5.74, 6) is -1.94. The van der Waals surface area contributed by atoms with Gasteiger partial charge in [0.15, 0.2) is 0 Å². The number of phenolic OH excluding ortho intramolecular Hbond substituents is 1. The molecule has 0 radical (unpaired) electrons. The number of ether oxygens (including phenoxy) is 1. The molecule has 0 saturated carbocycles. The summed E-state index contributed by atoms with van der Waals surface area (Å²) in [4.78, 5) is 22.2. The van der Waals surface area contributed by atoms with E-state index >= 15 is 0 Å². The van der Waals surface area contributed by atoms with Gasteiger partial charge >= 0.3 is 11.9 Å². The van der Waals surface area contributed by atoms with Crippen molar-refractivity contribution in [2.24, 2.45) is 0 Å². The van der Waals surface area contributed by atoms with Crippen LogP contribution in [0, 0.1) is 0 Å². The number of rotatable bonds is 5. The average Bonchev–Trinajstić information content (AvgIpc) is 2.33. The Labute approximate surface area is 115 Å². The standard InChI is InChI=1S/C13H13ClO5/c1-7(2)13(18)19-6-5-8-9(12(16)17)3-4-10(15)11(8)14/h3-4,15H,1,5-6H2,2H3,(H,16,17). The maximum Gasteiger partial charge on any atom is 0.336 e. The summed E-state index contributed by atoms with van der Waals surface area (Å²) in [5.41, 5.74) is 0.443. The van der Waals surface area contributed by atoms with Gasteiger partial charge in [-0.15, -0.1) is 0 Å². The van der Waals surface area contributed by atoms with Gasteiger partial charge in [0.1, 0.15) is 5.75 Å². The van der Waals surface area contributed by atoms with Gasteiger partial charge in [-0.2, -0.15) is 0 Å². The quantitative estimate of drug-likeness (QED) is 0.641. The maximum absolute atomic E-state index is 11.2. The summed E-state index contributed by atoms with van der Waals surface area (Å²) in [5, 5.41) is 18.4. The Morgan fingerprint density at radius 3 is 2.58 bits per heavy atom. The minimum atomic E-state index is -1.16. The van der Waals surface area contributed by atoms with Gasteiger partial charge in [-0.25, -0.2) is 9.59 Å². The fraction of sp³-hybridized carbons (Fsp3) is 0.231. The lowest BCUT2D eigenvalue weighted by atomic mass is 10.0. The van der Waals surface area contributed by atoms with Crippen LogP contribution in [-0.2, 0) is 16.0 Å². The molecule has 0 spiro atoms. The third-order valence-corrected chi connectivity index (χ3v) is 2.81. The van der Waals surface area contributed by atoms with Crippen LogP contribution in [0.15, 0.2) is 24.3 Å². The molecule has 1 aromatic rings. The highest BCUT2D eigenvalue weighted by atomic mass is 35.5. The highest BCUT2D eigenvalue weighted by Gasteiger charge is 2.16. The van der Waals surface area contributed by atoms with E-state index < -0.39 is 11.9 Å². The van der Waals surface area contributed by atoms with Gasteiger partial charge in [0.05, 0.1) is 17.2 Å². The van der Waals surface area contributed by atoms with E-state index in [9.17, 15) is 14.7 Å². The highest BCUT2D eigenvalue weighted by Crippen LogP contribution is 2.30. The second kappa shape index (κ2) is 6.24. The zero-order chi connectivity index (χ0) is 14.6. The molecule has 0 heterocycles. The summed E-state index contributed by atoms with van der Waals surface area (Å²) in [6.45, 7) is 4.88. The monoisotopic (exact) mass is 284 g/mol. The number of aromatic hydroxyl groups is 1. The first-order chi connectivity index (χ1) is 8.84. The first kappa shape index (κ1) is 15.0. The van der Waals surface area contributed by atoms with Crippen molar-refractivity contribution in [1.29, 1.82) is 0 Å². The molecule has 0 aliphatic carbocycles. The average molecular weight is 285 g/mol. The summed E-state index contributed by atoms with van der Waals surface area (Å²) in [7, 11) is 0. The minimum absolute atomic E-state index is 0.0332. The molecule has 0 aliphatic heterocycles. The Balaban J connectivity index is 2.88. The van der Waals surface area contributed by atoms with Crippen molar-refractivity contribution in [3.05, 3.63) is 40.4 Å². The van der Waals surface area contributed by atoms with E-state index in [1.807, 2.05) is 0 Å². The first-order valence-electron chi connectivity index (χ1n) is 5.41. The molecular formula is C13H13ClO5. The van der Waals surface area contributed by atoms with Gasteiger partial charge in [0, 0.05) is 12.0 Å². The predicted molar refractivity (Wildman–Crippen MR) is 69.6 cm³/mol. The molecule has 0 aromatic heterocycles. The summed E-state index contributed by atoms with van der Waals surface area (Å²) in [6.07, 6.45) is 0.0912. The van der Waals surface area contributed by atoms with Crippen LogP contribution in [0.5, 0.6) is 5.75 Å². The van der Waals surface area contributed by atoms with Crippen molar-refractivity contribution in [1.82, 2.24) is 0 Å². The van der Waals surface area contributed by atoms with E-state index in [0.717, 1.165) is 0 Å². The molecule has 19 heavy (non-hydrogen) atoms. The van der Waals surface area contributed by atoms with E-state index in [1.165, 1.54) is 19.1 Å². The number of carboxylic acid groups (broad SMARTS) is 1. The SMILES string of the molecule is C=C(C)C(=O)OCCc1c(C(=O)O)ccc(O)c1Cl. The van der Waals surface area contributed by atoms with Gasteiger partial charge in [0.25, 0.3) is 0 Å². The van der Waals surface area contributed by atoms with Crippen molar-refractivity contribution >= 4 is 23.5 Å². The molecule has 0 atom stereocenters. The smallest absolute Gasteiger partial charge is 0.336 e. The third-order valence-electron chi connectivity index (χ3n) is 2.39. The number of hydrogen-bond acceptors (Lipinski definition) is 4. The van der Waals surface area contributed by atoms with E-state index in [-0.39, 0.29) is 40.5 Å². The molecule has 0 amide bonds. The lowest BCUT2D eigenvalue weighted by Gasteiger charge is -2.10. The number of esters is 1. The fourth-order valence-corrected chi connectivity index (χ4v) is 1.68. The number of carbonyl (C=O) groups is 2. The zero-order valence-electron chi connectivity index (χ0n) is 10.3. The molecule has 0 fully saturated rings. The Bertz CT molecular complexity index is 536. The molecule has 1 aromatic carbocycles. The number of benzene rings is 1. The molecule has 0 unspecified atom stereocenters. The van der Waals surface area contributed by atoms with Crippen molar-refractivity contribution in [3.63, 3.8) is 0 Å². The number of hydrogen-bond donors (Lipinski definition) is 2. The van der Waals surface area contributed by atoms with Crippen molar-refractivity contribution in [3.8, 4) is 5.75 Å². The first-order valence-corrected chi connectivity index (χ1v) is 5.78. The van der Waals surface area contributed by atoms with Gasteiger partial charge in [-0.05, 0) is 24.6 Å². The lowest BCUT2D eigenvalue weighted by Crippen LogP contribution is -2.11. The molecule has 2 N–H and O–H groups in total. The van der Waals surface area contributed by atoms with Crippen molar-refractivity contribution in [2.75, 3.05) is 6.61 Å². The number of phenols is 1. The molecule has 0 aliphatic rings. The summed E-state index contributed by atoms with van der Waals surface area (Å²) >= 11 is 5.85. The fourth-order valence-electron chi connectivity index (χ4n) is 1.42. The van der Waals surface area contributed by atoms with Crippen LogP contribution >= 0.6 is 11.6 Å². The third kappa shape index (κ3) is 3.72. The molecule has 0 saturated heterocycles. The number of carbonyl (C=O) groups excluding carboxylic acids is 1. The molecule has 1 rings (SSSR count). The van der Waals surface area contributed by atoms with Crippen LogP contribution in [-0.4, -0.2) is 28.8 Å². The molecule has 5 nitrogen and oxygen atoms in total. The second-order valence-electron chi connectivity index (χ2n) is 3.90. The summed E-state index contributed by atoms with van der Waals surface area (Å²) in [6, 6.07) is 2.45. The maximum atomic E-state index is 11.2. The van der Waals surface area contributed by atoms with Crippen LogP contribution < -0.4 is 0 Å². The van der Waals surface area contributed by atoms with Gasteiger partial charge in [-0.3, -0.25) is 0 Å². The largest absolute Gasteiger partial charge is 0.506 e. The van der Waals surface area contributed by atoms with Crippen LogP contribution in [0.3, 0.4) is 0 Å². The van der Waals surface area contributed by atoms with Gasteiger partial charge in [0.2, 0.25) is 0 Å². The molecular weight excluding hydrogens is 272 g/mol. The predicted octanol–water partition coefficient (Wildman–Crippen LogP) is 2.41. The van der Waals surface area contributed by atoms with Crippen LogP contribution in [0.25, 0.3) is 0 Å². The van der Waals surface area contributed by atoms with Gasteiger partial charge in [-0.1, -0.05) is 18.2 Å². The number of carboxylic acids is 1. The Morgan fingerprint density at radius 2 is 2.05 bits per heavy atom. The topological polar surface area (TPSA) is 83.8 Å². The molecule has 0 bridgehead atoms. The normalized spacial score (nSPS) is 10.0. The van der Waals surface area contributed by atoms with Crippen LogP contribution in [0.4, 0.5) is 0 Å². The van der Waals surface area contributed by atoms with Gasteiger partial charge < -0.3 is 14.9 Å². The Morgan fingerprint density at radius 1 is 1.42 bits per heavy atom. The molecule has 102 valence electrons. The summed E-state index contributed by atoms with van der Waals surface area (Å²) < 4.78 is 4.87. The van der Waals surface area contributed by atoms with Crippen molar-refractivity contribution in [2.45, 2.75) is 13.3 Å². The second-order valence-corrected chi connectivity index (χ2v) is 4.27. The number of halogens is 1. The minimum Gasteiger partial charge on any atom is -0.506 e. The van der Waals surface area contributed by atoms with Crippen LogP contribution in [0.2, 0.25) is 5.02 Å². The van der Waals surface area contributed by atoms with E-state index in [0.29, 0.717) is 0 Å². The highest BCUT2D eigenvalue weighted by molar-refractivity contribution is 6.33. The van der Waals surface area contributed by atoms with E-state index in [4.69, 9.17) is 21.4 Å².